The third-order valence-electron chi connectivity index (χ3n) is 0.596. The molecule has 0 aromatic heterocycles. The van der Waals surface area contributed by atoms with Gasteiger partial charge in [-0.3, -0.25) is 9.11 Å². The molecule has 0 unspecified atom stereocenters. The average molecular weight is 393 g/mol. The molecule has 0 atom stereocenters. The Hall–Kier alpha value is 0.518. The molecule has 0 saturated carbocycles. The number of rotatable bonds is 2. The van der Waals surface area contributed by atoms with E-state index >= 15 is 0 Å². The molecule has 0 fully saturated rings. The minimum atomic E-state index is -4.67. The molecule has 0 bridgehead atoms. The number of hydrogen-bond acceptors (Lipinski definition) is 2. The Morgan fingerprint density at radius 2 is 1.15 bits per heavy atom. The summed E-state index contributed by atoms with van der Waals surface area (Å²) in [5.41, 5.74) is 0. The first kappa shape index (κ1) is 19.1. The molecule has 5 nitrogen and oxygen atoms in total. The normalized spacial score (nSPS) is 10.5. The van der Waals surface area contributed by atoms with Crippen molar-refractivity contribution in [1.29, 1.82) is 0 Å². The minimum absolute atomic E-state index is 0. The van der Waals surface area contributed by atoms with E-state index in [0.717, 1.165) is 0 Å². The van der Waals surface area contributed by atoms with Gasteiger partial charge in [0, 0.05) is 21.1 Å². The zero-order chi connectivity index (χ0) is 10.4. The van der Waals surface area contributed by atoms with E-state index in [-0.39, 0.29) is 21.1 Å². The number of nitrogens with zero attached hydrogens (tertiary/aromatic N) is 1. The summed E-state index contributed by atoms with van der Waals surface area (Å²) in [6, 6.07) is 1.000. The molecular weight excluding hydrogens is 377 g/mol. The van der Waals surface area contributed by atoms with Crippen molar-refractivity contribution < 1.29 is 38.6 Å². The quantitative estimate of drug-likeness (QED) is 0.697. The van der Waals surface area contributed by atoms with Crippen molar-refractivity contribution in [2.45, 2.75) is 39.8 Å². The SMILES string of the molecule is CC(C)[N-]C(C)C.O=S(=O)(O)O.[Pt]. The summed E-state index contributed by atoms with van der Waals surface area (Å²) < 4.78 is 31.6. The summed E-state index contributed by atoms with van der Waals surface area (Å²) in [7, 11) is -4.67. The molecule has 0 aliphatic rings. The van der Waals surface area contributed by atoms with Crippen LogP contribution in [0.4, 0.5) is 0 Å². The van der Waals surface area contributed by atoms with E-state index in [1.165, 1.54) is 0 Å². The Kier molecular flexibility index (Phi) is 13.4. The molecule has 0 amide bonds. The van der Waals surface area contributed by atoms with Crippen molar-refractivity contribution in [2.75, 3.05) is 0 Å². The van der Waals surface area contributed by atoms with Gasteiger partial charge in [0.15, 0.2) is 0 Å². The van der Waals surface area contributed by atoms with Gasteiger partial charge in [0.05, 0.1) is 0 Å². The Morgan fingerprint density at radius 3 is 1.15 bits per heavy atom. The Labute approximate surface area is 94.1 Å². The van der Waals surface area contributed by atoms with Crippen LogP contribution in [0.2, 0.25) is 0 Å². The zero-order valence-electron chi connectivity index (χ0n) is 8.04. The molecule has 0 aliphatic heterocycles. The second kappa shape index (κ2) is 9.09. The van der Waals surface area contributed by atoms with E-state index in [1.54, 1.807) is 0 Å². The van der Waals surface area contributed by atoms with Gasteiger partial charge in [-0.25, -0.2) is 0 Å². The first-order valence-corrected chi connectivity index (χ1v) is 4.92. The first-order valence-electron chi connectivity index (χ1n) is 3.52. The second-order valence-corrected chi connectivity index (χ2v) is 3.68. The Balaban J connectivity index is -0.000000150. The van der Waals surface area contributed by atoms with Crippen LogP contribution in [0.25, 0.3) is 5.32 Å². The van der Waals surface area contributed by atoms with Gasteiger partial charge in [-0.05, 0) is 0 Å². The maximum atomic E-state index is 8.74. The van der Waals surface area contributed by atoms with E-state index < -0.39 is 10.4 Å². The summed E-state index contributed by atoms with van der Waals surface area (Å²) in [6.45, 7) is 8.39. The largest absolute Gasteiger partial charge is 0.658 e. The fourth-order valence-electron chi connectivity index (χ4n) is 0.596. The van der Waals surface area contributed by atoms with Gasteiger partial charge in [0.25, 0.3) is 0 Å². The molecule has 0 spiro atoms. The summed E-state index contributed by atoms with van der Waals surface area (Å²) in [4.78, 5) is 0. The zero-order valence-corrected chi connectivity index (χ0v) is 11.1. The third-order valence-corrected chi connectivity index (χ3v) is 0.596. The molecule has 13 heavy (non-hydrogen) atoms. The van der Waals surface area contributed by atoms with E-state index in [1.807, 2.05) is 0 Å². The molecule has 0 aromatic carbocycles. The molecule has 0 radical (unpaired) electrons. The van der Waals surface area contributed by atoms with Gasteiger partial charge in [-0.15, -0.1) is 12.1 Å². The standard InChI is InChI=1S/C6H14N.H2O4S.Pt/c1-5(2)7-6(3)4;1-5(2,3)4;/h5-6H,1-4H3;(H2,1,2,3,4);/q-1;;. The van der Waals surface area contributed by atoms with E-state index in [0.29, 0.717) is 12.1 Å². The maximum absolute atomic E-state index is 8.74. The van der Waals surface area contributed by atoms with Crippen molar-refractivity contribution >= 4 is 10.4 Å². The van der Waals surface area contributed by atoms with Crippen LogP contribution in [0, 0.1) is 0 Å². The van der Waals surface area contributed by atoms with Gasteiger partial charge in [0.1, 0.15) is 0 Å². The molecule has 7 heteroatoms. The van der Waals surface area contributed by atoms with Crippen LogP contribution in [0.15, 0.2) is 0 Å². The van der Waals surface area contributed by atoms with Gasteiger partial charge in [-0.1, -0.05) is 27.7 Å². The van der Waals surface area contributed by atoms with Crippen molar-refractivity contribution in [3.05, 3.63) is 5.32 Å². The van der Waals surface area contributed by atoms with Crippen LogP contribution in [0.5, 0.6) is 0 Å². The summed E-state index contributed by atoms with van der Waals surface area (Å²) in [6.07, 6.45) is 0. The molecule has 0 saturated heterocycles. The van der Waals surface area contributed by atoms with Crippen LogP contribution in [-0.4, -0.2) is 29.6 Å². The fraction of sp³-hybridized carbons (Fsp3) is 1.00. The summed E-state index contributed by atoms with van der Waals surface area (Å²) in [5.74, 6) is 0. The fourth-order valence-corrected chi connectivity index (χ4v) is 0.596. The predicted octanol–water partition coefficient (Wildman–Crippen LogP) is 1.52. The van der Waals surface area contributed by atoms with Crippen LogP contribution < -0.4 is 0 Å². The van der Waals surface area contributed by atoms with Crippen molar-refractivity contribution in [3.63, 3.8) is 0 Å². The van der Waals surface area contributed by atoms with Gasteiger partial charge < -0.3 is 5.32 Å². The molecule has 0 aliphatic carbocycles. The molecule has 86 valence electrons. The van der Waals surface area contributed by atoms with Crippen LogP contribution in [-0.2, 0) is 31.5 Å². The van der Waals surface area contributed by atoms with Gasteiger partial charge in [0.2, 0.25) is 0 Å². The van der Waals surface area contributed by atoms with Crippen molar-refractivity contribution in [2.24, 2.45) is 0 Å². The molecule has 2 N–H and O–H groups in total. The monoisotopic (exact) mass is 393 g/mol. The van der Waals surface area contributed by atoms with Crippen LogP contribution in [0.3, 0.4) is 0 Å². The van der Waals surface area contributed by atoms with Crippen LogP contribution >= 0.6 is 0 Å². The maximum Gasteiger partial charge on any atom is 0.394 e. The van der Waals surface area contributed by atoms with Gasteiger partial charge in [-0.2, -0.15) is 8.42 Å². The first-order chi connectivity index (χ1) is 5.13. The summed E-state index contributed by atoms with van der Waals surface area (Å²) >= 11 is 0. The Bertz CT molecular complexity index is 177. The third kappa shape index (κ3) is 67.8. The van der Waals surface area contributed by atoms with E-state index in [9.17, 15) is 0 Å². The molecule has 0 heterocycles. The minimum Gasteiger partial charge on any atom is -0.658 e. The number of hydrogen-bond donors (Lipinski definition) is 2. The van der Waals surface area contributed by atoms with Crippen molar-refractivity contribution in [3.8, 4) is 0 Å². The smallest absolute Gasteiger partial charge is 0.394 e. The van der Waals surface area contributed by atoms with E-state index in [2.05, 4.69) is 33.0 Å². The van der Waals surface area contributed by atoms with E-state index in [4.69, 9.17) is 17.5 Å². The topological polar surface area (TPSA) is 88.7 Å². The molecule has 0 aromatic rings. The average Bonchev–Trinajstić information content (AvgIpc) is 1.52. The van der Waals surface area contributed by atoms with Crippen LogP contribution in [0.1, 0.15) is 27.7 Å². The second-order valence-electron chi connectivity index (χ2n) is 2.78. The summed E-state index contributed by atoms with van der Waals surface area (Å²) in [5, 5.41) is 4.28. The van der Waals surface area contributed by atoms with Gasteiger partial charge >= 0.3 is 10.4 Å². The Morgan fingerprint density at radius 1 is 1.00 bits per heavy atom. The molecule has 0 rings (SSSR count). The molecular formula is C6H16NO4PtS-. The van der Waals surface area contributed by atoms with Crippen molar-refractivity contribution in [1.82, 2.24) is 0 Å². The predicted molar refractivity (Wildman–Crippen MR) is 47.8 cm³/mol.